The molecule has 7 nitrogen and oxygen atoms in total. The van der Waals surface area contributed by atoms with E-state index in [9.17, 15) is 4.21 Å². The van der Waals surface area contributed by atoms with Gasteiger partial charge >= 0.3 is 0 Å². The summed E-state index contributed by atoms with van der Waals surface area (Å²) in [5.41, 5.74) is 2.70. The lowest BCUT2D eigenvalue weighted by atomic mass is 10.1. The third kappa shape index (κ3) is 3.02. The number of nitrogens with one attached hydrogen (secondary N) is 2. The smallest absolute Gasteiger partial charge is 0.162 e. The van der Waals surface area contributed by atoms with Crippen molar-refractivity contribution in [3.8, 4) is 11.4 Å². The first kappa shape index (κ1) is 18.6. The molecule has 0 radical (unpaired) electrons. The summed E-state index contributed by atoms with van der Waals surface area (Å²) in [6.07, 6.45) is 4.91. The van der Waals surface area contributed by atoms with Crippen LogP contribution >= 0.6 is 0 Å². The van der Waals surface area contributed by atoms with E-state index in [0.29, 0.717) is 19.0 Å². The van der Waals surface area contributed by atoms with Crippen molar-refractivity contribution in [2.24, 2.45) is 0 Å². The van der Waals surface area contributed by atoms with E-state index in [2.05, 4.69) is 16.8 Å². The fourth-order valence-electron chi connectivity index (χ4n) is 4.24. The Balaban J connectivity index is 1.72. The number of anilines is 1. The Hall–Kier alpha value is -2.45. The summed E-state index contributed by atoms with van der Waals surface area (Å²) < 4.78 is 26.0. The third-order valence-electron chi connectivity index (χ3n) is 6.13. The van der Waals surface area contributed by atoms with Crippen LogP contribution in [0.15, 0.2) is 36.5 Å². The van der Waals surface area contributed by atoms with Crippen LogP contribution in [-0.2, 0) is 19.2 Å². The Bertz CT molecular complexity index is 1180. The van der Waals surface area contributed by atoms with Gasteiger partial charge in [-0.3, -0.25) is 4.78 Å². The van der Waals surface area contributed by atoms with Gasteiger partial charge in [-0.05, 0) is 31.9 Å². The van der Waals surface area contributed by atoms with Gasteiger partial charge in [0.15, 0.2) is 5.82 Å². The third-order valence-corrected chi connectivity index (χ3v) is 8.24. The molecule has 2 N–H and O–H groups in total. The molecule has 5 rings (SSSR count). The maximum Gasteiger partial charge on any atom is 0.162 e. The predicted molar refractivity (Wildman–Crippen MR) is 115 cm³/mol. The largest absolute Gasteiger partial charge is 0.377 e. The minimum absolute atomic E-state index is 0.194. The van der Waals surface area contributed by atoms with Gasteiger partial charge in [-0.25, -0.2) is 14.2 Å². The second-order valence-corrected chi connectivity index (χ2v) is 10.6. The highest BCUT2D eigenvalue weighted by molar-refractivity contribution is 7.92. The zero-order valence-electron chi connectivity index (χ0n) is 16.6. The van der Waals surface area contributed by atoms with E-state index in [4.69, 9.17) is 19.5 Å². The second kappa shape index (κ2) is 6.53. The molecule has 2 aromatic heterocycles. The zero-order valence-corrected chi connectivity index (χ0v) is 17.5. The molecule has 8 heteroatoms. The molecule has 2 aliphatic rings. The molecule has 1 unspecified atom stereocenters. The molecule has 0 amide bonds. The van der Waals surface area contributed by atoms with Crippen LogP contribution in [0, 0.1) is 4.78 Å². The molecule has 2 atom stereocenters. The lowest BCUT2D eigenvalue weighted by molar-refractivity contribution is 0.0985. The van der Waals surface area contributed by atoms with Gasteiger partial charge in [0.05, 0.1) is 39.4 Å². The van der Waals surface area contributed by atoms with E-state index in [1.807, 2.05) is 36.5 Å². The van der Waals surface area contributed by atoms with Gasteiger partial charge in [-0.2, -0.15) is 0 Å². The number of aromatic amines is 1. The number of nitrogens with zero attached hydrogens (tertiary/aromatic N) is 3. The van der Waals surface area contributed by atoms with Crippen LogP contribution in [0.3, 0.4) is 0 Å². The molecular weight excluding hydrogens is 386 g/mol. The molecule has 1 saturated carbocycles. The zero-order chi connectivity index (χ0) is 20.2. The van der Waals surface area contributed by atoms with E-state index in [-0.39, 0.29) is 6.04 Å². The highest BCUT2D eigenvalue weighted by Crippen LogP contribution is 2.52. The summed E-state index contributed by atoms with van der Waals surface area (Å²) in [6.45, 7) is 4.17. The quantitative estimate of drug-likeness (QED) is 0.685. The number of aromatic nitrogens is 3. The van der Waals surface area contributed by atoms with Crippen molar-refractivity contribution < 1.29 is 8.95 Å². The van der Waals surface area contributed by atoms with Gasteiger partial charge in [0.1, 0.15) is 5.82 Å². The van der Waals surface area contributed by atoms with Crippen LogP contribution in [0.1, 0.15) is 25.5 Å². The normalized spacial score (nSPS) is 23.1. The van der Waals surface area contributed by atoms with Crippen molar-refractivity contribution in [3.63, 3.8) is 0 Å². The second-order valence-electron chi connectivity index (χ2n) is 8.13. The van der Waals surface area contributed by atoms with Crippen molar-refractivity contribution in [2.75, 3.05) is 30.9 Å². The maximum atomic E-state index is 12.8. The standard InChI is InChI=1S/C21H25N5O2S/c1-14-13-28-11-10-26(14)19-12-18(21(7-8-21)29(2,22)27)24-20(25-19)16-4-3-5-17-15(16)6-9-23-17/h3-6,9,12,14,22-23H,7-8,10-11,13H2,1-2H3/t14-,29?/m1/s1. The van der Waals surface area contributed by atoms with Crippen LogP contribution in [0.4, 0.5) is 5.82 Å². The average molecular weight is 412 g/mol. The number of morpholine rings is 1. The first-order valence-corrected chi connectivity index (χ1v) is 11.9. The molecule has 3 aromatic rings. The molecule has 2 fully saturated rings. The van der Waals surface area contributed by atoms with Gasteiger partial charge in [0, 0.05) is 41.5 Å². The number of rotatable bonds is 4. The molecular formula is C21H25N5O2S. The molecule has 1 saturated heterocycles. The first-order valence-electron chi connectivity index (χ1n) is 9.93. The number of ether oxygens (including phenoxy) is 1. The van der Waals surface area contributed by atoms with Crippen molar-refractivity contribution in [2.45, 2.75) is 30.6 Å². The SMILES string of the molecule is C[C@@H]1COCCN1c1cc(C2(S(C)(=N)=O)CC2)nc(-c2cccc3[nH]ccc23)n1. The van der Waals surface area contributed by atoms with Crippen LogP contribution in [0.5, 0.6) is 0 Å². The van der Waals surface area contributed by atoms with Gasteiger partial charge < -0.3 is 14.6 Å². The number of hydrogen-bond acceptors (Lipinski definition) is 6. The van der Waals surface area contributed by atoms with E-state index in [1.165, 1.54) is 6.26 Å². The van der Waals surface area contributed by atoms with Crippen LogP contribution in [0.2, 0.25) is 0 Å². The highest BCUT2D eigenvalue weighted by atomic mass is 32.2. The van der Waals surface area contributed by atoms with Crippen molar-refractivity contribution in [3.05, 3.63) is 42.2 Å². The highest BCUT2D eigenvalue weighted by Gasteiger charge is 2.53. The summed E-state index contributed by atoms with van der Waals surface area (Å²) in [7, 11) is -2.78. The molecule has 1 aromatic carbocycles. The Labute approximate surface area is 170 Å². The van der Waals surface area contributed by atoms with E-state index < -0.39 is 14.5 Å². The van der Waals surface area contributed by atoms with Crippen molar-refractivity contribution in [1.29, 1.82) is 4.78 Å². The molecule has 1 aliphatic heterocycles. The van der Waals surface area contributed by atoms with Crippen LogP contribution in [-0.4, -0.2) is 51.2 Å². The minimum atomic E-state index is -2.78. The van der Waals surface area contributed by atoms with E-state index >= 15 is 0 Å². The lowest BCUT2D eigenvalue weighted by Gasteiger charge is -2.35. The molecule has 0 bridgehead atoms. The Kier molecular flexibility index (Phi) is 4.18. The van der Waals surface area contributed by atoms with Crippen LogP contribution in [0.25, 0.3) is 22.3 Å². The Morgan fingerprint density at radius 1 is 1.31 bits per heavy atom. The summed E-state index contributed by atoms with van der Waals surface area (Å²) in [4.78, 5) is 15.3. The Morgan fingerprint density at radius 2 is 2.14 bits per heavy atom. The van der Waals surface area contributed by atoms with Gasteiger partial charge in [-0.15, -0.1) is 0 Å². The number of fused-ring (bicyclic) bond motifs is 1. The fourth-order valence-corrected chi connectivity index (χ4v) is 5.63. The number of hydrogen-bond donors (Lipinski definition) is 2. The monoisotopic (exact) mass is 411 g/mol. The van der Waals surface area contributed by atoms with Crippen molar-refractivity contribution >= 4 is 26.4 Å². The lowest BCUT2D eigenvalue weighted by Crippen LogP contribution is -2.44. The first-order chi connectivity index (χ1) is 13.9. The van der Waals surface area contributed by atoms with E-state index in [1.54, 1.807) is 0 Å². The molecule has 1 aliphatic carbocycles. The van der Waals surface area contributed by atoms with Crippen LogP contribution < -0.4 is 4.90 Å². The number of H-pyrrole nitrogens is 1. The molecule has 29 heavy (non-hydrogen) atoms. The molecule has 0 spiro atoms. The van der Waals surface area contributed by atoms with Crippen molar-refractivity contribution in [1.82, 2.24) is 15.0 Å². The van der Waals surface area contributed by atoms with Gasteiger partial charge in [0.2, 0.25) is 0 Å². The fraction of sp³-hybridized carbons (Fsp3) is 0.429. The maximum absolute atomic E-state index is 12.8. The van der Waals surface area contributed by atoms with Gasteiger partial charge in [0.25, 0.3) is 0 Å². The number of benzene rings is 1. The summed E-state index contributed by atoms with van der Waals surface area (Å²) >= 11 is 0. The molecule has 3 heterocycles. The average Bonchev–Trinajstić information content (AvgIpc) is 3.39. The minimum Gasteiger partial charge on any atom is -0.377 e. The summed E-state index contributed by atoms with van der Waals surface area (Å²) in [6, 6.07) is 10.2. The topological polar surface area (TPSA) is 95.0 Å². The van der Waals surface area contributed by atoms with Gasteiger partial charge in [-0.1, -0.05) is 12.1 Å². The summed E-state index contributed by atoms with van der Waals surface area (Å²) in [5.74, 6) is 1.44. The predicted octanol–water partition coefficient (Wildman–Crippen LogP) is 3.52. The molecule has 152 valence electrons. The Morgan fingerprint density at radius 3 is 2.86 bits per heavy atom. The van der Waals surface area contributed by atoms with E-state index in [0.717, 1.165) is 47.4 Å². The summed E-state index contributed by atoms with van der Waals surface area (Å²) in [5, 5.41) is 1.05.